The highest BCUT2D eigenvalue weighted by atomic mass is 32.2. The van der Waals surface area contributed by atoms with E-state index in [9.17, 15) is 26.4 Å². The van der Waals surface area contributed by atoms with Crippen molar-refractivity contribution in [2.45, 2.75) is 30.8 Å². The fourth-order valence-electron chi connectivity index (χ4n) is 3.00. The van der Waals surface area contributed by atoms with Crippen LogP contribution in [0.25, 0.3) is 22.4 Å². The van der Waals surface area contributed by atoms with Gasteiger partial charge in [0.25, 0.3) is 0 Å². The number of hydrogen-bond donors (Lipinski definition) is 0. The zero-order chi connectivity index (χ0) is 22.8. The monoisotopic (exact) mass is 452 g/mol. The van der Waals surface area contributed by atoms with Gasteiger partial charge in [-0.3, -0.25) is 0 Å². The van der Waals surface area contributed by atoms with Gasteiger partial charge >= 0.3 is 12.1 Å². The lowest BCUT2D eigenvalue weighted by atomic mass is 9.99. The van der Waals surface area contributed by atoms with Gasteiger partial charge in [-0.05, 0) is 24.1 Å². The second-order valence-corrected chi connectivity index (χ2v) is 8.83. The molecule has 2 aromatic carbocycles. The second kappa shape index (κ2) is 8.54. The van der Waals surface area contributed by atoms with Crippen LogP contribution < -0.4 is 4.84 Å². The maximum absolute atomic E-state index is 14.0. The van der Waals surface area contributed by atoms with Gasteiger partial charge in [-0.1, -0.05) is 54.2 Å². The van der Waals surface area contributed by atoms with Crippen LogP contribution in [0.15, 0.2) is 59.5 Å². The molecule has 0 unspecified atom stereocenters. The average molecular weight is 452 g/mol. The molecule has 1 heterocycles. The van der Waals surface area contributed by atoms with Crippen molar-refractivity contribution in [3.8, 4) is 22.4 Å². The molecule has 3 rings (SSSR count). The van der Waals surface area contributed by atoms with Gasteiger partial charge in [-0.2, -0.15) is 13.2 Å². The summed E-state index contributed by atoms with van der Waals surface area (Å²) in [4.78, 5) is 17.1. The van der Waals surface area contributed by atoms with Gasteiger partial charge in [-0.25, -0.2) is 13.2 Å². The van der Waals surface area contributed by atoms with E-state index < -0.39 is 27.7 Å². The summed E-state index contributed by atoms with van der Waals surface area (Å²) >= 11 is 0. The number of carbonyl (C=O) groups is 1. The Labute approximate surface area is 177 Å². The quantitative estimate of drug-likeness (QED) is 0.554. The first-order valence-electron chi connectivity index (χ1n) is 9.29. The van der Waals surface area contributed by atoms with E-state index in [0.717, 1.165) is 6.26 Å². The lowest BCUT2D eigenvalue weighted by molar-refractivity contribution is -0.162. The first-order valence-corrected chi connectivity index (χ1v) is 11.2. The molecule has 0 spiro atoms. The number of hydrogen-bond acceptors (Lipinski definition) is 5. The minimum absolute atomic E-state index is 0.0161. The Hall–Kier alpha value is -3.14. The molecule has 0 radical (unpaired) electrons. The molecule has 3 aromatic rings. The lowest BCUT2D eigenvalue weighted by Crippen LogP contribution is -2.26. The van der Waals surface area contributed by atoms with E-state index in [1.165, 1.54) is 36.4 Å². The molecule has 0 aliphatic rings. The number of carbonyl (C=O) groups excluding carboxylic acids is 1. The number of sulfone groups is 1. The molecule has 0 bridgehead atoms. The Bertz CT molecular complexity index is 1190. The molecule has 164 valence electrons. The van der Waals surface area contributed by atoms with Crippen LogP contribution in [0.4, 0.5) is 13.2 Å². The zero-order valence-electron chi connectivity index (χ0n) is 16.7. The summed E-state index contributed by atoms with van der Waals surface area (Å²) in [6.45, 7) is 1.69. The van der Waals surface area contributed by atoms with Gasteiger partial charge in [-0.15, -0.1) is 5.10 Å². The molecule has 6 nitrogen and oxygen atoms in total. The fraction of sp³-hybridized carbons (Fsp3) is 0.238. The van der Waals surface area contributed by atoms with Crippen LogP contribution in [-0.2, 0) is 20.8 Å². The highest BCUT2D eigenvalue weighted by Crippen LogP contribution is 2.42. The minimum Gasteiger partial charge on any atom is -0.319 e. The van der Waals surface area contributed by atoms with E-state index in [0.29, 0.717) is 6.42 Å². The normalized spacial score (nSPS) is 12.0. The molecule has 0 saturated heterocycles. The topological polar surface area (TPSA) is 78.3 Å². The van der Waals surface area contributed by atoms with Crippen molar-refractivity contribution in [1.82, 2.24) is 9.94 Å². The van der Waals surface area contributed by atoms with Crippen molar-refractivity contribution in [3.63, 3.8) is 0 Å². The number of benzene rings is 2. The van der Waals surface area contributed by atoms with Gasteiger partial charge in [0.2, 0.25) is 0 Å². The standard InChI is InChI=1S/C21H19F3N2O4S/c1-3-7-17(27)30-26-20(21(22,23)24)18(14-8-5-4-6-9-14)19(25-26)15-10-12-16(13-11-15)31(2,28)29/h4-6,8-13H,3,7H2,1-2H3. The first-order chi connectivity index (χ1) is 14.5. The van der Waals surface area contributed by atoms with Crippen LogP contribution in [-0.4, -0.2) is 30.6 Å². The molecule has 0 aliphatic carbocycles. The van der Waals surface area contributed by atoms with Gasteiger partial charge in [0, 0.05) is 23.8 Å². The minimum atomic E-state index is -4.88. The van der Waals surface area contributed by atoms with E-state index in [4.69, 9.17) is 4.84 Å². The second-order valence-electron chi connectivity index (χ2n) is 6.82. The van der Waals surface area contributed by atoms with Gasteiger partial charge in [0.1, 0.15) is 5.69 Å². The smallest absolute Gasteiger partial charge is 0.319 e. The summed E-state index contributed by atoms with van der Waals surface area (Å²) in [7, 11) is -3.49. The molecule has 0 amide bonds. The highest BCUT2D eigenvalue weighted by molar-refractivity contribution is 7.90. The van der Waals surface area contributed by atoms with Gasteiger partial charge in [0.05, 0.1) is 4.90 Å². The van der Waals surface area contributed by atoms with Crippen molar-refractivity contribution >= 4 is 15.8 Å². The van der Waals surface area contributed by atoms with Crippen LogP contribution in [0.5, 0.6) is 0 Å². The Balaban J connectivity index is 2.27. The molecule has 0 saturated carbocycles. The van der Waals surface area contributed by atoms with Crippen LogP contribution in [0.1, 0.15) is 25.5 Å². The molecule has 0 N–H and O–H groups in total. The predicted molar refractivity (Wildman–Crippen MR) is 108 cm³/mol. The molecular formula is C21H19F3N2O4S. The lowest BCUT2D eigenvalue weighted by Gasteiger charge is -2.12. The van der Waals surface area contributed by atoms with E-state index in [1.54, 1.807) is 25.1 Å². The number of alkyl halides is 3. The Morgan fingerprint density at radius 2 is 1.65 bits per heavy atom. The summed E-state index contributed by atoms with van der Waals surface area (Å²) in [5.41, 5.74) is -1.14. The summed E-state index contributed by atoms with van der Waals surface area (Å²) in [5, 5.41) is 3.94. The number of rotatable bonds is 6. The largest absolute Gasteiger partial charge is 0.437 e. The molecule has 1 aromatic heterocycles. The highest BCUT2D eigenvalue weighted by Gasteiger charge is 2.42. The number of nitrogens with zero attached hydrogens (tertiary/aromatic N) is 2. The van der Waals surface area contributed by atoms with Crippen molar-refractivity contribution in [1.29, 1.82) is 0 Å². The van der Waals surface area contributed by atoms with Crippen molar-refractivity contribution < 1.29 is 31.2 Å². The average Bonchev–Trinajstić information content (AvgIpc) is 3.07. The van der Waals surface area contributed by atoms with Crippen molar-refractivity contribution in [2.75, 3.05) is 6.26 Å². The fourth-order valence-corrected chi connectivity index (χ4v) is 3.63. The SMILES string of the molecule is CCCC(=O)On1nc(-c2ccc(S(C)(=O)=O)cc2)c(-c2ccccc2)c1C(F)(F)F. The first kappa shape index (κ1) is 22.5. The summed E-state index contributed by atoms with van der Waals surface area (Å²) < 4.78 is 65.6. The molecule has 0 aliphatic heterocycles. The van der Waals surface area contributed by atoms with E-state index in [2.05, 4.69) is 5.10 Å². The maximum atomic E-state index is 14.0. The Kier molecular flexibility index (Phi) is 6.21. The summed E-state index contributed by atoms with van der Waals surface area (Å²) in [6.07, 6.45) is -3.53. The summed E-state index contributed by atoms with van der Waals surface area (Å²) in [5.74, 6) is -0.853. The molecular weight excluding hydrogens is 433 g/mol. The maximum Gasteiger partial charge on any atom is 0.437 e. The van der Waals surface area contributed by atoms with Crippen LogP contribution in [0.3, 0.4) is 0 Å². The van der Waals surface area contributed by atoms with E-state index in [1.807, 2.05) is 0 Å². The number of aromatic nitrogens is 2. The van der Waals surface area contributed by atoms with Crippen LogP contribution >= 0.6 is 0 Å². The third-order valence-corrected chi connectivity index (χ3v) is 5.51. The number of halogens is 3. The van der Waals surface area contributed by atoms with Crippen molar-refractivity contribution in [3.05, 3.63) is 60.3 Å². The molecule has 10 heteroatoms. The third-order valence-electron chi connectivity index (χ3n) is 4.39. The third kappa shape index (κ3) is 4.96. The Morgan fingerprint density at radius 1 is 1.03 bits per heavy atom. The van der Waals surface area contributed by atoms with Gasteiger partial charge in [0.15, 0.2) is 15.5 Å². The van der Waals surface area contributed by atoms with Gasteiger partial charge < -0.3 is 4.84 Å². The zero-order valence-corrected chi connectivity index (χ0v) is 17.5. The van der Waals surface area contributed by atoms with Crippen LogP contribution in [0, 0.1) is 0 Å². The van der Waals surface area contributed by atoms with E-state index >= 15 is 0 Å². The van der Waals surface area contributed by atoms with E-state index in [-0.39, 0.29) is 38.5 Å². The van der Waals surface area contributed by atoms with Crippen LogP contribution in [0.2, 0.25) is 0 Å². The predicted octanol–water partition coefficient (Wildman–Crippen LogP) is 4.39. The van der Waals surface area contributed by atoms with Crippen molar-refractivity contribution in [2.24, 2.45) is 0 Å². The Morgan fingerprint density at radius 3 is 2.16 bits per heavy atom. The molecule has 0 atom stereocenters. The summed E-state index contributed by atoms with van der Waals surface area (Å²) in [6, 6.07) is 13.1. The molecule has 31 heavy (non-hydrogen) atoms. The molecule has 0 fully saturated rings.